The second-order valence-electron chi connectivity index (χ2n) is 3.60. The molecule has 0 saturated heterocycles. The lowest BCUT2D eigenvalue weighted by Gasteiger charge is -2.01. The fourth-order valence-electron chi connectivity index (χ4n) is 1.50. The Hall–Kier alpha value is -2.61. The van der Waals surface area contributed by atoms with Crippen molar-refractivity contribution in [3.05, 3.63) is 53.3 Å². The zero-order valence-corrected chi connectivity index (χ0v) is 9.00. The molecule has 0 atom stereocenters. The Balaban J connectivity index is 2.19. The number of nitriles is 1. The number of nitrogens with two attached hydrogens (primary N) is 1. The molecule has 0 spiro atoms. The number of aromatic nitrogens is 2. The molecule has 2 aromatic rings. The number of rotatable bonds is 3. The van der Waals surface area contributed by atoms with Crippen LogP contribution in [0.1, 0.15) is 21.5 Å². The first-order valence-electron chi connectivity index (χ1n) is 5.00. The lowest BCUT2D eigenvalue weighted by atomic mass is 10.1. The highest BCUT2D eigenvalue weighted by molar-refractivity contribution is 5.92. The minimum Gasteiger partial charge on any atom is -0.366 e. The van der Waals surface area contributed by atoms with Crippen LogP contribution in [0, 0.1) is 11.3 Å². The fourth-order valence-corrected chi connectivity index (χ4v) is 1.50. The third-order valence-corrected chi connectivity index (χ3v) is 2.32. The van der Waals surface area contributed by atoms with E-state index in [1.807, 2.05) is 12.1 Å². The van der Waals surface area contributed by atoms with Gasteiger partial charge in [-0.3, -0.25) is 9.48 Å². The number of carbonyl (C=O) groups is 1. The molecule has 17 heavy (non-hydrogen) atoms. The molecular formula is C12H10N4O. The quantitative estimate of drug-likeness (QED) is 0.843. The van der Waals surface area contributed by atoms with Gasteiger partial charge in [0.2, 0.25) is 0 Å². The molecule has 2 rings (SSSR count). The van der Waals surface area contributed by atoms with Gasteiger partial charge in [0, 0.05) is 6.20 Å². The van der Waals surface area contributed by atoms with Crippen LogP contribution < -0.4 is 5.73 Å². The molecule has 2 N–H and O–H groups in total. The van der Waals surface area contributed by atoms with Crippen molar-refractivity contribution in [3.8, 4) is 6.07 Å². The van der Waals surface area contributed by atoms with Crippen LogP contribution in [0.5, 0.6) is 0 Å². The maximum Gasteiger partial charge on any atom is 0.251 e. The summed E-state index contributed by atoms with van der Waals surface area (Å²) < 4.78 is 1.61. The van der Waals surface area contributed by atoms with E-state index >= 15 is 0 Å². The van der Waals surface area contributed by atoms with Gasteiger partial charge in [0.05, 0.1) is 29.9 Å². The number of nitrogens with zero attached hydrogens (tertiary/aromatic N) is 3. The van der Waals surface area contributed by atoms with Crippen LogP contribution in [0.4, 0.5) is 0 Å². The number of benzene rings is 1. The summed E-state index contributed by atoms with van der Waals surface area (Å²) in [6, 6.07) is 9.30. The molecule has 0 unspecified atom stereocenters. The van der Waals surface area contributed by atoms with Crippen molar-refractivity contribution < 1.29 is 4.79 Å². The molecule has 0 radical (unpaired) electrons. The van der Waals surface area contributed by atoms with Crippen molar-refractivity contribution in [2.75, 3.05) is 0 Å². The van der Waals surface area contributed by atoms with Crippen molar-refractivity contribution in [2.24, 2.45) is 5.73 Å². The largest absolute Gasteiger partial charge is 0.366 e. The highest BCUT2D eigenvalue weighted by Gasteiger charge is 2.04. The Morgan fingerprint density at radius 1 is 1.53 bits per heavy atom. The molecule has 0 fully saturated rings. The van der Waals surface area contributed by atoms with Crippen LogP contribution in [-0.4, -0.2) is 15.7 Å². The second-order valence-corrected chi connectivity index (χ2v) is 3.60. The smallest absolute Gasteiger partial charge is 0.251 e. The molecule has 0 saturated carbocycles. The Morgan fingerprint density at radius 2 is 2.35 bits per heavy atom. The summed E-state index contributed by atoms with van der Waals surface area (Å²) in [4.78, 5) is 10.9. The van der Waals surface area contributed by atoms with E-state index in [-0.39, 0.29) is 0 Å². The monoisotopic (exact) mass is 226 g/mol. The average Bonchev–Trinajstić information content (AvgIpc) is 2.78. The molecule has 5 heteroatoms. The standard InChI is InChI=1S/C12H10N4O/c13-5-9-2-1-3-10(4-9)7-16-8-11(6-15-16)12(14)17/h1-4,6,8H,7H2,(H2,14,17). The first kappa shape index (κ1) is 10.9. The SMILES string of the molecule is N#Cc1cccc(Cn2cc(C(N)=O)cn2)c1. The van der Waals surface area contributed by atoms with Gasteiger partial charge in [-0.15, -0.1) is 0 Å². The lowest BCUT2D eigenvalue weighted by molar-refractivity contribution is 0.1000. The normalized spacial score (nSPS) is 9.82. The van der Waals surface area contributed by atoms with Gasteiger partial charge in [-0.25, -0.2) is 0 Å². The zero-order chi connectivity index (χ0) is 12.3. The van der Waals surface area contributed by atoms with Gasteiger partial charge in [-0.1, -0.05) is 12.1 Å². The van der Waals surface area contributed by atoms with Crippen molar-refractivity contribution >= 4 is 5.91 Å². The van der Waals surface area contributed by atoms with Crippen molar-refractivity contribution in [1.82, 2.24) is 9.78 Å². The summed E-state index contributed by atoms with van der Waals surface area (Å²) >= 11 is 0. The van der Waals surface area contributed by atoms with Gasteiger partial charge >= 0.3 is 0 Å². The van der Waals surface area contributed by atoms with Crippen LogP contribution in [0.3, 0.4) is 0 Å². The summed E-state index contributed by atoms with van der Waals surface area (Å²) in [5.74, 6) is -0.498. The Labute approximate surface area is 98.1 Å². The topological polar surface area (TPSA) is 84.7 Å². The third-order valence-electron chi connectivity index (χ3n) is 2.32. The van der Waals surface area contributed by atoms with Gasteiger partial charge in [-0.2, -0.15) is 10.4 Å². The predicted molar refractivity (Wildman–Crippen MR) is 61.0 cm³/mol. The van der Waals surface area contributed by atoms with Crippen molar-refractivity contribution in [1.29, 1.82) is 5.26 Å². The second kappa shape index (κ2) is 4.49. The van der Waals surface area contributed by atoms with Crippen LogP contribution in [0.15, 0.2) is 36.7 Å². The molecular weight excluding hydrogens is 216 g/mol. The van der Waals surface area contributed by atoms with E-state index in [1.165, 1.54) is 6.20 Å². The van der Waals surface area contributed by atoms with E-state index in [9.17, 15) is 4.79 Å². The highest BCUT2D eigenvalue weighted by Crippen LogP contribution is 2.06. The Bertz CT molecular complexity index is 595. The highest BCUT2D eigenvalue weighted by atomic mass is 16.1. The van der Waals surface area contributed by atoms with Crippen molar-refractivity contribution in [2.45, 2.75) is 6.54 Å². The van der Waals surface area contributed by atoms with Crippen molar-refractivity contribution in [3.63, 3.8) is 0 Å². The molecule has 1 aromatic carbocycles. The minimum absolute atomic E-state index is 0.376. The average molecular weight is 226 g/mol. The number of amides is 1. The molecule has 1 amide bonds. The minimum atomic E-state index is -0.498. The Morgan fingerprint density at radius 3 is 3.00 bits per heavy atom. The predicted octanol–water partition coefficient (Wildman–Crippen LogP) is 0.902. The molecule has 0 aliphatic rings. The van der Waals surface area contributed by atoms with E-state index in [2.05, 4.69) is 11.2 Å². The number of hydrogen-bond donors (Lipinski definition) is 1. The Kier molecular flexibility index (Phi) is 2.88. The summed E-state index contributed by atoms with van der Waals surface area (Å²) in [5.41, 5.74) is 7.06. The fraction of sp³-hybridized carbons (Fsp3) is 0.0833. The van der Waals surface area contributed by atoms with E-state index < -0.39 is 5.91 Å². The molecule has 1 heterocycles. The lowest BCUT2D eigenvalue weighted by Crippen LogP contribution is -2.09. The molecule has 84 valence electrons. The summed E-state index contributed by atoms with van der Waals surface area (Å²) in [6.45, 7) is 0.503. The van der Waals surface area contributed by atoms with Gasteiger partial charge in [0.15, 0.2) is 0 Å². The summed E-state index contributed by atoms with van der Waals surface area (Å²) in [5, 5.41) is 12.8. The molecule has 0 bridgehead atoms. The molecule has 0 aliphatic carbocycles. The number of primary amides is 1. The van der Waals surface area contributed by atoms with E-state index in [0.717, 1.165) is 5.56 Å². The van der Waals surface area contributed by atoms with Crippen LogP contribution >= 0.6 is 0 Å². The van der Waals surface area contributed by atoms with E-state index in [4.69, 9.17) is 11.0 Å². The van der Waals surface area contributed by atoms with Gasteiger partial charge in [0.1, 0.15) is 0 Å². The van der Waals surface area contributed by atoms with Crippen LogP contribution in [-0.2, 0) is 6.54 Å². The number of carbonyl (C=O) groups excluding carboxylic acids is 1. The summed E-state index contributed by atoms with van der Waals surface area (Å²) in [6.07, 6.45) is 3.01. The first-order valence-corrected chi connectivity index (χ1v) is 5.00. The molecule has 0 aliphatic heterocycles. The summed E-state index contributed by atoms with van der Waals surface area (Å²) in [7, 11) is 0. The molecule has 5 nitrogen and oxygen atoms in total. The van der Waals surface area contributed by atoms with Crippen LogP contribution in [0.2, 0.25) is 0 Å². The third kappa shape index (κ3) is 2.49. The van der Waals surface area contributed by atoms with E-state index in [0.29, 0.717) is 17.7 Å². The zero-order valence-electron chi connectivity index (χ0n) is 9.00. The maximum absolute atomic E-state index is 10.9. The van der Waals surface area contributed by atoms with Gasteiger partial charge < -0.3 is 5.73 Å². The van der Waals surface area contributed by atoms with Crippen LogP contribution in [0.25, 0.3) is 0 Å². The van der Waals surface area contributed by atoms with Gasteiger partial charge in [-0.05, 0) is 17.7 Å². The maximum atomic E-state index is 10.9. The van der Waals surface area contributed by atoms with Gasteiger partial charge in [0.25, 0.3) is 5.91 Å². The molecule has 1 aromatic heterocycles. The van der Waals surface area contributed by atoms with E-state index in [1.54, 1.807) is 23.0 Å². The number of hydrogen-bond acceptors (Lipinski definition) is 3. The first-order chi connectivity index (χ1) is 8.19.